The number of allylic oxidation sites excluding steroid dienone is 1. The molecule has 0 fully saturated rings. The molecule has 0 unspecified atom stereocenters. The standard InChI is InChI=1S/C60H55BN2O2/c1-58(2,3)37-26-30-45-48(32-37)62(40-28-24-36(25-29-40)41-18-14-19-43-42-16-10-12-21-52(42)65-57(41)43)50-34-39(60(7,8)9)35-51-56(50)61(45)46-31-27-38(59(4,5)6)33-49(46)63(51)47-20-15-23-54-55(47)44-17-11-13-22-53(44)64-54/h10-13,15-18,20-35H,14,19H2,1-9H3. The van der Waals surface area contributed by atoms with E-state index in [1.807, 2.05) is 0 Å². The zero-order valence-corrected chi connectivity index (χ0v) is 39.1. The summed E-state index contributed by atoms with van der Waals surface area (Å²) in [5.74, 6) is 1.01. The van der Waals surface area contributed by atoms with Crippen molar-refractivity contribution in [2.24, 2.45) is 0 Å². The molecule has 2 aromatic heterocycles. The third-order valence-electron chi connectivity index (χ3n) is 14.4. The van der Waals surface area contributed by atoms with Gasteiger partial charge in [0.05, 0.1) is 11.1 Å². The van der Waals surface area contributed by atoms with Gasteiger partial charge in [-0.2, -0.15) is 0 Å². The molecule has 65 heavy (non-hydrogen) atoms. The highest BCUT2D eigenvalue weighted by atomic mass is 16.3. The Kier molecular flexibility index (Phi) is 8.52. The van der Waals surface area contributed by atoms with Gasteiger partial charge in [-0.1, -0.05) is 147 Å². The molecule has 0 atom stereocenters. The number of para-hydroxylation sites is 2. The minimum Gasteiger partial charge on any atom is -0.456 e. The number of hydrogen-bond donors (Lipinski definition) is 0. The molecule has 12 rings (SSSR count). The predicted molar refractivity (Wildman–Crippen MR) is 275 cm³/mol. The molecule has 320 valence electrons. The third-order valence-corrected chi connectivity index (χ3v) is 14.4. The normalized spacial score (nSPS) is 14.7. The molecule has 7 aromatic carbocycles. The van der Waals surface area contributed by atoms with Gasteiger partial charge in [-0.25, -0.2) is 0 Å². The van der Waals surface area contributed by atoms with Crippen molar-refractivity contribution in [2.75, 3.05) is 9.80 Å². The molecule has 3 aliphatic rings. The zero-order chi connectivity index (χ0) is 44.7. The van der Waals surface area contributed by atoms with E-state index in [4.69, 9.17) is 8.83 Å². The SMILES string of the molecule is CC(C)(C)c1ccc2c(c1)N(c1ccc(C3=CCCc4c3oc3ccccc43)cc1)c1cc(C(C)(C)C)cc3c1B2c1ccc(C(C)(C)C)cc1N3c1cccc2oc3ccccc3c12. The van der Waals surface area contributed by atoms with E-state index in [2.05, 4.69) is 218 Å². The summed E-state index contributed by atoms with van der Waals surface area (Å²) in [6.45, 7) is 21.0. The van der Waals surface area contributed by atoms with E-state index < -0.39 is 0 Å². The van der Waals surface area contributed by atoms with E-state index in [0.29, 0.717) is 0 Å². The Hall–Kier alpha value is -6.72. The highest BCUT2D eigenvalue weighted by Crippen LogP contribution is 2.50. The lowest BCUT2D eigenvalue weighted by molar-refractivity contribution is 0.590. The maximum Gasteiger partial charge on any atom is 0.252 e. The Balaban J connectivity index is 1.13. The number of aryl methyl sites for hydroxylation is 1. The second-order valence-corrected chi connectivity index (χ2v) is 21.7. The summed E-state index contributed by atoms with van der Waals surface area (Å²) in [5.41, 5.74) is 21.2. The molecule has 9 aromatic rings. The van der Waals surface area contributed by atoms with Gasteiger partial charge in [-0.05, 0) is 128 Å². The van der Waals surface area contributed by atoms with E-state index in [-0.39, 0.29) is 23.0 Å². The van der Waals surface area contributed by atoms with Gasteiger partial charge in [-0.15, -0.1) is 0 Å². The molecule has 0 amide bonds. The quantitative estimate of drug-likeness (QED) is 0.166. The van der Waals surface area contributed by atoms with Gasteiger partial charge in [0.25, 0.3) is 6.71 Å². The second-order valence-electron chi connectivity index (χ2n) is 21.7. The van der Waals surface area contributed by atoms with Crippen molar-refractivity contribution in [3.05, 3.63) is 179 Å². The van der Waals surface area contributed by atoms with Crippen molar-refractivity contribution in [1.29, 1.82) is 0 Å². The first-order valence-electron chi connectivity index (χ1n) is 23.4. The zero-order valence-electron chi connectivity index (χ0n) is 39.1. The number of fused-ring (bicyclic) bond motifs is 10. The number of anilines is 6. The van der Waals surface area contributed by atoms with Gasteiger partial charge < -0.3 is 18.6 Å². The van der Waals surface area contributed by atoms with Gasteiger partial charge in [0.15, 0.2) is 0 Å². The Morgan fingerprint density at radius 2 is 1.03 bits per heavy atom. The van der Waals surface area contributed by atoms with E-state index in [1.54, 1.807) is 0 Å². The Morgan fingerprint density at radius 1 is 0.477 bits per heavy atom. The lowest BCUT2D eigenvalue weighted by atomic mass is 9.33. The Bertz CT molecular complexity index is 3450. The van der Waals surface area contributed by atoms with E-state index in [1.165, 1.54) is 77.9 Å². The molecule has 4 nitrogen and oxygen atoms in total. The minimum absolute atomic E-state index is 0.00743. The highest BCUT2D eigenvalue weighted by Gasteiger charge is 2.45. The molecular weight excluding hydrogens is 791 g/mol. The second kappa shape index (κ2) is 13.9. The third kappa shape index (κ3) is 6.11. The lowest BCUT2D eigenvalue weighted by Crippen LogP contribution is -2.61. The molecule has 0 N–H and O–H groups in total. The topological polar surface area (TPSA) is 32.8 Å². The first kappa shape index (κ1) is 39.8. The van der Waals surface area contributed by atoms with Crippen LogP contribution in [0.25, 0.3) is 38.5 Å². The Labute approximate surface area is 383 Å². The number of rotatable bonds is 3. The van der Waals surface area contributed by atoms with Crippen molar-refractivity contribution in [2.45, 2.75) is 91.4 Å². The summed E-state index contributed by atoms with van der Waals surface area (Å²) in [6.07, 6.45) is 4.35. The van der Waals surface area contributed by atoms with Crippen LogP contribution in [0.3, 0.4) is 0 Å². The summed E-state index contributed by atoms with van der Waals surface area (Å²) in [4.78, 5) is 5.15. The first-order chi connectivity index (χ1) is 31.1. The summed E-state index contributed by atoms with van der Waals surface area (Å²) in [7, 11) is 0. The predicted octanol–water partition coefficient (Wildman–Crippen LogP) is 14.7. The number of benzene rings is 7. The van der Waals surface area contributed by atoms with Crippen LogP contribution >= 0.6 is 0 Å². The van der Waals surface area contributed by atoms with Gasteiger partial charge >= 0.3 is 0 Å². The minimum atomic E-state index is -0.143. The maximum absolute atomic E-state index is 6.60. The van der Waals surface area contributed by atoms with Gasteiger partial charge in [0, 0.05) is 50.3 Å². The monoisotopic (exact) mass is 846 g/mol. The van der Waals surface area contributed by atoms with Crippen LogP contribution in [0.1, 0.15) is 102 Å². The van der Waals surface area contributed by atoms with E-state index >= 15 is 0 Å². The van der Waals surface area contributed by atoms with Crippen molar-refractivity contribution < 1.29 is 8.83 Å². The van der Waals surface area contributed by atoms with Crippen molar-refractivity contribution >= 4 is 95.7 Å². The number of hydrogen-bond acceptors (Lipinski definition) is 4. The van der Waals surface area contributed by atoms with Crippen LogP contribution in [0, 0.1) is 0 Å². The van der Waals surface area contributed by atoms with Gasteiger partial charge in [0.2, 0.25) is 0 Å². The molecule has 0 bridgehead atoms. The van der Waals surface area contributed by atoms with Crippen LogP contribution < -0.4 is 26.2 Å². The van der Waals surface area contributed by atoms with Gasteiger partial charge in [0.1, 0.15) is 22.5 Å². The summed E-state index contributed by atoms with van der Waals surface area (Å²) < 4.78 is 13.2. The lowest BCUT2D eigenvalue weighted by Gasteiger charge is -2.45. The molecule has 5 heteroatoms. The fourth-order valence-corrected chi connectivity index (χ4v) is 10.9. The smallest absolute Gasteiger partial charge is 0.252 e. The van der Waals surface area contributed by atoms with Gasteiger partial charge in [-0.3, -0.25) is 0 Å². The number of nitrogens with zero attached hydrogens (tertiary/aromatic N) is 2. The van der Waals surface area contributed by atoms with E-state index in [0.717, 1.165) is 57.5 Å². The van der Waals surface area contributed by atoms with Crippen LogP contribution in [0.4, 0.5) is 34.1 Å². The van der Waals surface area contributed by atoms with E-state index in [9.17, 15) is 0 Å². The average molecular weight is 847 g/mol. The molecule has 0 radical (unpaired) electrons. The first-order valence-corrected chi connectivity index (χ1v) is 23.4. The van der Waals surface area contributed by atoms with Crippen LogP contribution in [0.5, 0.6) is 0 Å². The van der Waals surface area contributed by atoms with Crippen LogP contribution in [-0.2, 0) is 22.7 Å². The largest absolute Gasteiger partial charge is 0.456 e. The average Bonchev–Trinajstić information content (AvgIpc) is 3.87. The number of furan rings is 2. The molecule has 1 aliphatic carbocycles. The molecule has 2 aliphatic heterocycles. The molecule has 0 saturated heterocycles. The molecule has 4 heterocycles. The van der Waals surface area contributed by atoms with Crippen molar-refractivity contribution in [3.63, 3.8) is 0 Å². The summed E-state index contributed by atoms with van der Waals surface area (Å²) in [5, 5.41) is 3.48. The molecular formula is C60H55BN2O2. The van der Waals surface area contributed by atoms with Crippen LogP contribution in [0.2, 0.25) is 0 Å². The molecule has 0 spiro atoms. The highest BCUT2D eigenvalue weighted by molar-refractivity contribution is 7.00. The Morgan fingerprint density at radius 3 is 1.68 bits per heavy atom. The molecule has 0 saturated carbocycles. The van der Waals surface area contributed by atoms with Crippen molar-refractivity contribution in [3.8, 4) is 0 Å². The summed E-state index contributed by atoms with van der Waals surface area (Å²) in [6, 6.07) is 52.4. The summed E-state index contributed by atoms with van der Waals surface area (Å²) >= 11 is 0. The van der Waals surface area contributed by atoms with Crippen LogP contribution in [-0.4, -0.2) is 6.71 Å². The fourth-order valence-electron chi connectivity index (χ4n) is 10.9. The van der Waals surface area contributed by atoms with Crippen molar-refractivity contribution in [1.82, 2.24) is 0 Å². The van der Waals surface area contributed by atoms with Crippen LogP contribution in [0.15, 0.2) is 154 Å². The maximum atomic E-state index is 6.60. The fraction of sp³-hybridized carbons (Fsp3) is 0.233.